The van der Waals surface area contributed by atoms with E-state index in [0.717, 1.165) is 45.6 Å². The molecule has 24 heavy (non-hydrogen) atoms. The number of piperidine rings is 1. The Bertz CT molecular complexity index is 680. The molecular formula is C21H28N2O. The first-order chi connectivity index (χ1) is 11.7. The molecule has 128 valence electrons. The average molecular weight is 324 g/mol. The SMILES string of the molecule is CCN(CC)C(=O)C1CCN(Cc2cccc3ccccc23)CC1. The lowest BCUT2D eigenvalue weighted by Crippen LogP contribution is -2.42. The van der Waals surface area contributed by atoms with E-state index in [1.165, 1.54) is 16.3 Å². The number of nitrogens with zero attached hydrogens (tertiary/aromatic N) is 2. The van der Waals surface area contributed by atoms with Crippen molar-refractivity contribution >= 4 is 16.7 Å². The van der Waals surface area contributed by atoms with E-state index < -0.39 is 0 Å². The van der Waals surface area contributed by atoms with E-state index in [1.54, 1.807) is 0 Å². The van der Waals surface area contributed by atoms with Crippen molar-refractivity contribution in [3.63, 3.8) is 0 Å². The van der Waals surface area contributed by atoms with Gasteiger partial charge >= 0.3 is 0 Å². The van der Waals surface area contributed by atoms with Gasteiger partial charge in [0.15, 0.2) is 0 Å². The van der Waals surface area contributed by atoms with E-state index in [4.69, 9.17) is 0 Å². The maximum Gasteiger partial charge on any atom is 0.225 e. The highest BCUT2D eigenvalue weighted by atomic mass is 16.2. The van der Waals surface area contributed by atoms with Crippen LogP contribution in [0.2, 0.25) is 0 Å². The van der Waals surface area contributed by atoms with Crippen molar-refractivity contribution in [1.82, 2.24) is 9.80 Å². The van der Waals surface area contributed by atoms with E-state index in [2.05, 4.69) is 61.2 Å². The second kappa shape index (κ2) is 7.80. The van der Waals surface area contributed by atoms with Crippen LogP contribution in [0.3, 0.4) is 0 Å². The number of carbonyl (C=O) groups is 1. The largest absolute Gasteiger partial charge is 0.343 e. The first-order valence-corrected chi connectivity index (χ1v) is 9.20. The van der Waals surface area contributed by atoms with Crippen molar-refractivity contribution in [2.24, 2.45) is 5.92 Å². The molecule has 0 N–H and O–H groups in total. The molecule has 0 radical (unpaired) electrons. The van der Waals surface area contributed by atoms with Crippen LogP contribution in [0.25, 0.3) is 10.8 Å². The third kappa shape index (κ3) is 3.62. The van der Waals surface area contributed by atoms with E-state index in [9.17, 15) is 4.79 Å². The number of benzene rings is 2. The summed E-state index contributed by atoms with van der Waals surface area (Å²) < 4.78 is 0. The van der Waals surface area contributed by atoms with Crippen LogP contribution in [0.15, 0.2) is 42.5 Å². The first kappa shape index (κ1) is 17.0. The highest BCUT2D eigenvalue weighted by Gasteiger charge is 2.27. The maximum atomic E-state index is 12.5. The molecule has 1 fully saturated rings. The number of likely N-dealkylation sites (tertiary alicyclic amines) is 1. The summed E-state index contributed by atoms with van der Waals surface area (Å²) in [6, 6.07) is 15.1. The molecule has 1 amide bonds. The second-order valence-corrected chi connectivity index (χ2v) is 6.70. The van der Waals surface area contributed by atoms with Crippen LogP contribution in [0.1, 0.15) is 32.3 Å². The van der Waals surface area contributed by atoms with E-state index in [1.807, 2.05) is 4.90 Å². The number of rotatable bonds is 5. The van der Waals surface area contributed by atoms with Crippen LogP contribution < -0.4 is 0 Å². The van der Waals surface area contributed by atoms with Gasteiger partial charge < -0.3 is 4.90 Å². The zero-order chi connectivity index (χ0) is 16.9. The lowest BCUT2D eigenvalue weighted by Gasteiger charge is -2.34. The fourth-order valence-corrected chi connectivity index (χ4v) is 3.80. The summed E-state index contributed by atoms with van der Waals surface area (Å²) in [5.74, 6) is 0.568. The van der Waals surface area contributed by atoms with Gasteiger partial charge in [0.1, 0.15) is 0 Å². The van der Waals surface area contributed by atoms with Crippen molar-refractivity contribution in [3.05, 3.63) is 48.0 Å². The summed E-state index contributed by atoms with van der Waals surface area (Å²) in [7, 11) is 0. The quantitative estimate of drug-likeness (QED) is 0.832. The molecule has 1 aliphatic heterocycles. The van der Waals surface area contributed by atoms with Crippen LogP contribution in [0.5, 0.6) is 0 Å². The zero-order valence-corrected chi connectivity index (χ0v) is 14.9. The molecule has 0 atom stereocenters. The van der Waals surface area contributed by atoms with E-state index in [0.29, 0.717) is 5.91 Å². The Morgan fingerprint density at radius 2 is 1.71 bits per heavy atom. The number of hydrogen-bond donors (Lipinski definition) is 0. The fraction of sp³-hybridized carbons (Fsp3) is 0.476. The van der Waals surface area contributed by atoms with Gasteiger partial charge in [0.2, 0.25) is 5.91 Å². The van der Waals surface area contributed by atoms with Crippen LogP contribution in [0.4, 0.5) is 0 Å². The number of hydrogen-bond acceptors (Lipinski definition) is 2. The smallest absolute Gasteiger partial charge is 0.225 e. The van der Waals surface area contributed by atoms with Gasteiger partial charge in [-0.15, -0.1) is 0 Å². The van der Waals surface area contributed by atoms with E-state index >= 15 is 0 Å². The summed E-state index contributed by atoms with van der Waals surface area (Å²) in [6.45, 7) is 8.79. The normalized spacial score (nSPS) is 16.4. The Balaban J connectivity index is 1.62. The van der Waals surface area contributed by atoms with Gasteiger partial charge in [0.05, 0.1) is 0 Å². The van der Waals surface area contributed by atoms with Crippen molar-refractivity contribution < 1.29 is 4.79 Å². The highest BCUT2D eigenvalue weighted by Crippen LogP contribution is 2.24. The molecule has 2 aromatic rings. The second-order valence-electron chi connectivity index (χ2n) is 6.70. The molecule has 3 nitrogen and oxygen atoms in total. The highest BCUT2D eigenvalue weighted by molar-refractivity contribution is 5.85. The molecule has 1 saturated heterocycles. The zero-order valence-electron chi connectivity index (χ0n) is 14.9. The molecule has 3 heteroatoms. The minimum atomic E-state index is 0.216. The van der Waals surface area contributed by atoms with Crippen molar-refractivity contribution in [1.29, 1.82) is 0 Å². The standard InChI is InChI=1S/C21H28N2O/c1-3-23(4-2)21(24)18-12-14-22(15-13-18)16-19-10-7-9-17-8-5-6-11-20(17)19/h5-11,18H,3-4,12-16H2,1-2H3. The minimum Gasteiger partial charge on any atom is -0.343 e. The van der Waals surface area contributed by atoms with Gasteiger partial charge in [-0.1, -0.05) is 42.5 Å². The number of fused-ring (bicyclic) bond motifs is 1. The van der Waals surface area contributed by atoms with Gasteiger partial charge in [0, 0.05) is 25.6 Å². The lowest BCUT2D eigenvalue weighted by atomic mass is 9.94. The van der Waals surface area contributed by atoms with Crippen LogP contribution in [0, 0.1) is 5.92 Å². The Morgan fingerprint density at radius 1 is 1.04 bits per heavy atom. The summed E-state index contributed by atoms with van der Waals surface area (Å²) in [4.78, 5) is 17.0. The van der Waals surface area contributed by atoms with Crippen molar-refractivity contribution in [2.45, 2.75) is 33.2 Å². The third-order valence-corrected chi connectivity index (χ3v) is 5.29. The molecule has 0 unspecified atom stereocenters. The molecule has 0 spiro atoms. The maximum absolute atomic E-state index is 12.5. The molecule has 2 aromatic carbocycles. The summed E-state index contributed by atoms with van der Waals surface area (Å²) in [5, 5.41) is 2.66. The van der Waals surface area contributed by atoms with Crippen molar-refractivity contribution in [3.8, 4) is 0 Å². The topological polar surface area (TPSA) is 23.6 Å². The predicted molar refractivity (Wildman–Crippen MR) is 99.9 cm³/mol. The molecular weight excluding hydrogens is 296 g/mol. The number of carbonyl (C=O) groups excluding carboxylic acids is 1. The summed E-state index contributed by atoms with van der Waals surface area (Å²) in [5.41, 5.74) is 1.39. The van der Waals surface area contributed by atoms with Gasteiger partial charge in [0.25, 0.3) is 0 Å². The molecule has 0 bridgehead atoms. The molecule has 0 aliphatic carbocycles. The van der Waals surface area contributed by atoms with E-state index in [-0.39, 0.29) is 5.92 Å². The lowest BCUT2D eigenvalue weighted by molar-refractivity contribution is -0.136. The molecule has 0 aromatic heterocycles. The molecule has 0 saturated carbocycles. The third-order valence-electron chi connectivity index (χ3n) is 5.29. The van der Waals surface area contributed by atoms with Crippen LogP contribution >= 0.6 is 0 Å². The van der Waals surface area contributed by atoms with Crippen LogP contribution in [-0.2, 0) is 11.3 Å². The minimum absolute atomic E-state index is 0.216. The Morgan fingerprint density at radius 3 is 2.42 bits per heavy atom. The van der Waals surface area contributed by atoms with Crippen LogP contribution in [-0.4, -0.2) is 41.9 Å². The molecule has 1 heterocycles. The van der Waals surface area contributed by atoms with Gasteiger partial charge in [-0.3, -0.25) is 9.69 Å². The summed E-state index contributed by atoms with van der Waals surface area (Å²) in [6.07, 6.45) is 1.97. The summed E-state index contributed by atoms with van der Waals surface area (Å²) >= 11 is 0. The van der Waals surface area contributed by atoms with Gasteiger partial charge in [-0.05, 0) is 56.1 Å². The Labute approximate surface area is 145 Å². The van der Waals surface area contributed by atoms with Gasteiger partial charge in [-0.25, -0.2) is 0 Å². The molecule has 3 rings (SSSR count). The monoisotopic (exact) mass is 324 g/mol. The Kier molecular flexibility index (Phi) is 5.52. The molecule has 1 aliphatic rings. The number of amides is 1. The Hall–Kier alpha value is -1.87. The average Bonchev–Trinajstić information content (AvgIpc) is 2.63. The first-order valence-electron chi connectivity index (χ1n) is 9.20. The van der Waals surface area contributed by atoms with Crippen molar-refractivity contribution in [2.75, 3.05) is 26.2 Å². The van der Waals surface area contributed by atoms with Gasteiger partial charge in [-0.2, -0.15) is 0 Å². The fourth-order valence-electron chi connectivity index (χ4n) is 3.80. The predicted octanol–water partition coefficient (Wildman–Crippen LogP) is 3.92.